The van der Waals surface area contributed by atoms with Crippen molar-refractivity contribution < 1.29 is 19.2 Å². The topological polar surface area (TPSA) is 90.7 Å². The summed E-state index contributed by atoms with van der Waals surface area (Å²) in [4.78, 5) is 25.9. The van der Waals surface area contributed by atoms with Crippen LogP contribution in [-0.4, -0.2) is 17.5 Å². The smallest absolute Gasteiger partial charge is 0.278 e. The molecule has 1 atom stereocenters. The van der Waals surface area contributed by atoms with Gasteiger partial charge in [0.15, 0.2) is 17.3 Å². The summed E-state index contributed by atoms with van der Waals surface area (Å²) in [6, 6.07) is 18.1. The summed E-state index contributed by atoms with van der Waals surface area (Å²) in [6.45, 7) is 0.0104. The summed E-state index contributed by atoms with van der Waals surface area (Å²) in [6.07, 6.45) is 0. The van der Waals surface area contributed by atoms with Gasteiger partial charge in [-0.1, -0.05) is 36.4 Å². The Bertz CT molecular complexity index is 1330. The number of nitrogens with one attached hydrogen (secondary N) is 1. The van der Waals surface area contributed by atoms with Gasteiger partial charge in [-0.2, -0.15) is 0 Å². The largest absolute Gasteiger partial charge is 0.454 e. The molecule has 0 bridgehead atoms. The second-order valence-corrected chi connectivity index (χ2v) is 8.45. The maximum absolute atomic E-state index is 13.5. The zero-order valence-corrected chi connectivity index (χ0v) is 16.8. The van der Waals surface area contributed by atoms with Crippen LogP contribution in [0.25, 0.3) is 5.70 Å². The summed E-state index contributed by atoms with van der Waals surface area (Å²) in [7, 11) is 0. The Hall–Kier alpha value is -3.78. The van der Waals surface area contributed by atoms with Crippen LogP contribution in [0, 0.1) is 10.1 Å². The average Bonchev–Trinajstić information content (AvgIpc) is 3.29. The third kappa shape index (κ3) is 2.65. The molecular weight excluding hydrogens is 416 g/mol. The summed E-state index contributed by atoms with van der Waals surface area (Å²) in [5.74, 6) is 0.648. The van der Waals surface area contributed by atoms with E-state index in [1.165, 1.54) is 17.8 Å². The van der Waals surface area contributed by atoms with Crippen molar-refractivity contribution in [3.8, 4) is 11.5 Å². The fourth-order valence-electron chi connectivity index (χ4n) is 4.21. The van der Waals surface area contributed by atoms with E-state index in [0.29, 0.717) is 33.9 Å². The Kier molecular flexibility index (Phi) is 3.85. The van der Waals surface area contributed by atoms with Crippen LogP contribution < -0.4 is 14.8 Å². The van der Waals surface area contributed by atoms with Gasteiger partial charge in [0.1, 0.15) is 0 Å². The first-order valence-electron chi connectivity index (χ1n) is 9.61. The number of nitro benzene ring substituents is 1. The number of carbonyl (C=O) groups is 1. The Morgan fingerprint density at radius 1 is 1.00 bits per heavy atom. The quantitative estimate of drug-likeness (QED) is 0.442. The predicted octanol–water partition coefficient (Wildman–Crippen LogP) is 5.19. The standard InChI is InChI=1S/C23H14N2O5S/c26-22-13-6-2-1-5-12(13)21-20(22)23(31-19-8-4-3-7-15(19)24-21)14-9-17-18(30-11-29-17)10-16(14)25(27)28/h1-10,23-24H,11H2. The number of benzene rings is 3. The third-order valence-electron chi connectivity index (χ3n) is 5.61. The highest BCUT2D eigenvalue weighted by Gasteiger charge is 2.41. The molecule has 1 N–H and O–H groups in total. The van der Waals surface area contributed by atoms with Gasteiger partial charge >= 0.3 is 0 Å². The summed E-state index contributed by atoms with van der Waals surface area (Å²) in [5.41, 5.74) is 3.75. The molecule has 7 nitrogen and oxygen atoms in total. The lowest BCUT2D eigenvalue weighted by Gasteiger charge is -2.18. The van der Waals surface area contributed by atoms with Crippen LogP contribution in [0.3, 0.4) is 0 Å². The van der Waals surface area contributed by atoms with Crippen LogP contribution in [-0.2, 0) is 0 Å². The van der Waals surface area contributed by atoms with Crippen molar-refractivity contribution in [3.05, 3.63) is 93.0 Å². The molecule has 6 rings (SSSR count). The van der Waals surface area contributed by atoms with Gasteiger partial charge in [-0.05, 0) is 18.2 Å². The molecule has 0 saturated carbocycles. The molecule has 3 aromatic carbocycles. The van der Waals surface area contributed by atoms with Gasteiger partial charge in [-0.25, -0.2) is 0 Å². The van der Waals surface area contributed by atoms with E-state index in [1.54, 1.807) is 12.1 Å². The number of thioether (sulfide) groups is 1. The molecule has 0 fully saturated rings. The SMILES string of the molecule is O=C1C2=C(Nc3ccccc3SC2c2cc3c(cc2[N+](=O)[O-])OCO3)c2ccccc21. The first-order valence-corrected chi connectivity index (χ1v) is 10.5. The maximum atomic E-state index is 13.5. The fraction of sp³-hybridized carbons (Fsp3) is 0.0870. The van der Waals surface area contributed by atoms with Gasteiger partial charge in [0, 0.05) is 21.6 Å². The average molecular weight is 430 g/mol. The van der Waals surface area contributed by atoms with E-state index in [0.717, 1.165) is 16.1 Å². The number of hydrogen-bond acceptors (Lipinski definition) is 7. The highest BCUT2D eigenvalue weighted by Crippen LogP contribution is 2.55. The van der Waals surface area contributed by atoms with E-state index >= 15 is 0 Å². The van der Waals surface area contributed by atoms with Crippen LogP contribution in [0.1, 0.15) is 26.7 Å². The first-order chi connectivity index (χ1) is 15.1. The fourth-order valence-corrected chi connectivity index (χ4v) is 5.53. The van der Waals surface area contributed by atoms with E-state index in [-0.39, 0.29) is 18.3 Å². The Labute approximate surface area is 180 Å². The number of ether oxygens (including phenoxy) is 2. The van der Waals surface area contributed by atoms with Gasteiger partial charge in [0.25, 0.3) is 5.69 Å². The van der Waals surface area contributed by atoms with Crippen molar-refractivity contribution in [2.24, 2.45) is 0 Å². The van der Waals surface area contributed by atoms with Crippen LogP contribution in [0.4, 0.5) is 11.4 Å². The Morgan fingerprint density at radius 2 is 1.71 bits per heavy atom. The number of hydrogen-bond donors (Lipinski definition) is 1. The minimum atomic E-state index is -0.596. The van der Waals surface area contributed by atoms with Crippen molar-refractivity contribution in [2.45, 2.75) is 10.1 Å². The Balaban J connectivity index is 1.62. The second-order valence-electron chi connectivity index (χ2n) is 7.30. The minimum absolute atomic E-state index is 0.0104. The van der Waals surface area contributed by atoms with E-state index in [9.17, 15) is 14.9 Å². The minimum Gasteiger partial charge on any atom is -0.454 e. The van der Waals surface area contributed by atoms with Crippen LogP contribution >= 0.6 is 11.8 Å². The number of nitrogens with zero attached hydrogens (tertiary/aromatic N) is 1. The van der Waals surface area contributed by atoms with Crippen LogP contribution in [0.15, 0.2) is 71.1 Å². The molecule has 2 heterocycles. The van der Waals surface area contributed by atoms with Crippen LogP contribution in [0.5, 0.6) is 11.5 Å². The van der Waals surface area contributed by atoms with Gasteiger partial charge in [-0.15, -0.1) is 11.8 Å². The number of ketones is 1. The van der Waals surface area contributed by atoms with Crippen LogP contribution in [0.2, 0.25) is 0 Å². The number of Topliss-reactive ketones (excluding diaryl/α,β-unsaturated/α-hetero) is 1. The van der Waals surface area contributed by atoms with Crippen molar-refractivity contribution in [3.63, 3.8) is 0 Å². The van der Waals surface area contributed by atoms with Gasteiger partial charge in [0.05, 0.1) is 33.2 Å². The zero-order valence-electron chi connectivity index (χ0n) is 16.0. The number of anilines is 1. The molecule has 152 valence electrons. The molecule has 1 unspecified atom stereocenters. The molecule has 0 amide bonds. The summed E-state index contributed by atoms with van der Waals surface area (Å²) in [5, 5.41) is 14.8. The molecule has 2 aliphatic heterocycles. The molecule has 31 heavy (non-hydrogen) atoms. The highest BCUT2D eigenvalue weighted by atomic mass is 32.2. The van der Waals surface area contributed by atoms with E-state index in [4.69, 9.17) is 9.47 Å². The monoisotopic (exact) mass is 430 g/mol. The zero-order chi connectivity index (χ0) is 21.1. The Morgan fingerprint density at radius 3 is 2.52 bits per heavy atom. The molecule has 1 aliphatic carbocycles. The number of nitro groups is 1. The molecule has 0 aromatic heterocycles. The second kappa shape index (κ2) is 6.61. The molecule has 3 aliphatic rings. The van der Waals surface area contributed by atoms with E-state index < -0.39 is 10.2 Å². The van der Waals surface area contributed by atoms with Gasteiger partial charge in [-0.3, -0.25) is 14.9 Å². The number of para-hydroxylation sites is 1. The van der Waals surface area contributed by atoms with E-state index in [1.807, 2.05) is 42.5 Å². The number of carbonyl (C=O) groups excluding carboxylic acids is 1. The molecule has 0 radical (unpaired) electrons. The molecular formula is C23H14N2O5S. The lowest BCUT2D eigenvalue weighted by atomic mass is 9.98. The van der Waals surface area contributed by atoms with Crippen molar-refractivity contribution >= 4 is 34.6 Å². The number of rotatable bonds is 2. The first kappa shape index (κ1) is 18.0. The summed E-state index contributed by atoms with van der Waals surface area (Å²) < 4.78 is 10.8. The van der Waals surface area contributed by atoms with Crippen molar-refractivity contribution in [1.29, 1.82) is 0 Å². The normalized spacial score (nSPS) is 18.1. The number of fused-ring (bicyclic) bond motifs is 4. The molecule has 8 heteroatoms. The lowest BCUT2D eigenvalue weighted by Crippen LogP contribution is -2.09. The maximum Gasteiger partial charge on any atom is 0.278 e. The highest BCUT2D eigenvalue weighted by molar-refractivity contribution is 8.00. The van der Waals surface area contributed by atoms with Gasteiger partial charge in [0.2, 0.25) is 6.79 Å². The lowest BCUT2D eigenvalue weighted by molar-refractivity contribution is -0.385. The summed E-state index contributed by atoms with van der Waals surface area (Å²) >= 11 is 1.42. The molecule has 0 spiro atoms. The third-order valence-corrected chi connectivity index (χ3v) is 6.95. The van der Waals surface area contributed by atoms with E-state index in [2.05, 4.69) is 5.32 Å². The molecule has 3 aromatic rings. The van der Waals surface area contributed by atoms with Gasteiger partial charge < -0.3 is 14.8 Å². The van der Waals surface area contributed by atoms with Crippen molar-refractivity contribution in [1.82, 2.24) is 0 Å². The predicted molar refractivity (Wildman–Crippen MR) is 116 cm³/mol. The van der Waals surface area contributed by atoms with Crippen molar-refractivity contribution in [2.75, 3.05) is 12.1 Å². The molecule has 0 saturated heterocycles.